The maximum atomic E-state index is 13.0. The van der Waals surface area contributed by atoms with Crippen molar-refractivity contribution in [3.63, 3.8) is 0 Å². The SMILES string of the molecule is Cn1cnc2cc(C(=O)N3CCn4c(nnc4-c4cccnc4)C3)ccc21. The Morgan fingerprint density at radius 2 is 2.07 bits per heavy atom. The molecule has 4 aromatic rings. The summed E-state index contributed by atoms with van der Waals surface area (Å²) in [6.07, 6.45) is 5.26. The van der Waals surface area contributed by atoms with Gasteiger partial charge in [-0.15, -0.1) is 10.2 Å². The molecular weight excluding hydrogens is 342 g/mol. The molecule has 0 N–H and O–H groups in total. The van der Waals surface area contributed by atoms with Gasteiger partial charge in [-0.3, -0.25) is 9.78 Å². The van der Waals surface area contributed by atoms with Crippen LogP contribution in [0, 0.1) is 0 Å². The van der Waals surface area contributed by atoms with E-state index in [9.17, 15) is 4.79 Å². The van der Waals surface area contributed by atoms with Crippen LogP contribution in [0.4, 0.5) is 0 Å². The van der Waals surface area contributed by atoms with Crippen LogP contribution in [0.3, 0.4) is 0 Å². The van der Waals surface area contributed by atoms with Crippen LogP contribution in [0.25, 0.3) is 22.4 Å². The van der Waals surface area contributed by atoms with Crippen LogP contribution in [0.15, 0.2) is 49.1 Å². The molecule has 1 aromatic carbocycles. The van der Waals surface area contributed by atoms with Crippen LogP contribution >= 0.6 is 0 Å². The highest BCUT2D eigenvalue weighted by molar-refractivity contribution is 5.97. The molecule has 8 heteroatoms. The highest BCUT2D eigenvalue weighted by Crippen LogP contribution is 2.22. The van der Waals surface area contributed by atoms with Gasteiger partial charge >= 0.3 is 0 Å². The average Bonchev–Trinajstić information content (AvgIpc) is 3.31. The van der Waals surface area contributed by atoms with Gasteiger partial charge in [-0.2, -0.15) is 0 Å². The first-order chi connectivity index (χ1) is 13.2. The molecule has 1 aliphatic rings. The molecule has 0 saturated carbocycles. The number of pyridine rings is 1. The lowest BCUT2D eigenvalue weighted by Crippen LogP contribution is -2.38. The third kappa shape index (κ3) is 2.57. The highest BCUT2D eigenvalue weighted by Gasteiger charge is 2.26. The minimum Gasteiger partial charge on any atom is -0.334 e. The van der Waals surface area contributed by atoms with E-state index < -0.39 is 0 Å². The van der Waals surface area contributed by atoms with E-state index in [1.165, 1.54) is 0 Å². The Hall–Kier alpha value is -3.55. The molecule has 0 unspecified atom stereocenters. The second-order valence-corrected chi connectivity index (χ2v) is 6.62. The molecular formula is C19H17N7O. The predicted octanol–water partition coefficient (Wildman–Crippen LogP) is 1.88. The van der Waals surface area contributed by atoms with Crippen LogP contribution < -0.4 is 0 Å². The normalized spacial score (nSPS) is 13.7. The number of rotatable bonds is 2. The molecule has 0 aliphatic carbocycles. The van der Waals surface area contributed by atoms with Gasteiger partial charge in [0.1, 0.15) is 0 Å². The van der Waals surface area contributed by atoms with E-state index >= 15 is 0 Å². The molecule has 0 saturated heterocycles. The van der Waals surface area contributed by atoms with Crippen LogP contribution in [-0.4, -0.2) is 46.7 Å². The van der Waals surface area contributed by atoms with Gasteiger partial charge in [0.25, 0.3) is 5.91 Å². The lowest BCUT2D eigenvalue weighted by atomic mass is 10.1. The lowest BCUT2D eigenvalue weighted by molar-refractivity contribution is 0.0708. The largest absolute Gasteiger partial charge is 0.334 e. The number of carbonyl (C=O) groups excluding carboxylic acids is 1. The second-order valence-electron chi connectivity index (χ2n) is 6.62. The fourth-order valence-electron chi connectivity index (χ4n) is 3.49. The Morgan fingerprint density at radius 1 is 1.15 bits per heavy atom. The number of hydrogen-bond acceptors (Lipinski definition) is 5. The zero-order valence-corrected chi connectivity index (χ0v) is 14.8. The number of hydrogen-bond donors (Lipinski definition) is 0. The third-order valence-electron chi connectivity index (χ3n) is 4.93. The minimum atomic E-state index is -0.0141. The predicted molar refractivity (Wildman–Crippen MR) is 98.7 cm³/mol. The minimum absolute atomic E-state index is 0.0141. The summed E-state index contributed by atoms with van der Waals surface area (Å²) < 4.78 is 4.00. The summed E-state index contributed by atoms with van der Waals surface area (Å²) in [4.78, 5) is 23.3. The molecule has 0 spiro atoms. The van der Waals surface area contributed by atoms with Crippen molar-refractivity contribution in [1.82, 2.24) is 34.2 Å². The van der Waals surface area contributed by atoms with E-state index in [1.54, 1.807) is 23.6 Å². The summed E-state index contributed by atoms with van der Waals surface area (Å²) >= 11 is 0. The fourth-order valence-corrected chi connectivity index (χ4v) is 3.49. The number of aromatic nitrogens is 6. The maximum absolute atomic E-state index is 13.0. The molecule has 0 atom stereocenters. The zero-order valence-electron chi connectivity index (χ0n) is 14.8. The van der Waals surface area contributed by atoms with Crippen molar-refractivity contribution in [2.45, 2.75) is 13.1 Å². The topological polar surface area (TPSA) is 81.7 Å². The summed E-state index contributed by atoms with van der Waals surface area (Å²) in [5.74, 6) is 1.56. The summed E-state index contributed by atoms with van der Waals surface area (Å²) in [7, 11) is 1.94. The average molecular weight is 359 g/mol. The van der Waals surface area contributed by atoms with Gasteiger partial charge in [0, 0.05) is 43.7 Å². The number of carbonyl (C=O) groups is 1. The van der Waals surface area contributed by atoms with E-state index in [-0.39, 0.29) is 5.91 Å². The van der Waals surface area contributed by atoms with Gasteiger partial charge in [0.2, 0.25) is 0 Å². The molecule has 4 heterocycles. The second kappa shape index (κ2) is 6.01. The number of aryl methyl sites for hydroxylation is 1. The smallest absolute Gasteiger partial charge is 0.254 e. The van der Waals surface area contributed by atoms with Crippen molar-refractivity contribution in [1.29, 1.82) is 0 Å². The molecule has 0 bridgehead atoms. The van der Waals surface area contributed by atoms with Crippen molar-refractivity contribution < 1.29 is 4.79 Å². The van der Waals surface area contributed by atoms with Crippen molar-refractivity contribution >= 4 is 16.9 Å². The quantitative estimate of drug-likeness (QED) is 0.546. The summed E-state index contributed by atoms with van der Waals surface area (Å²) in [5, 5.41) is 8.59. The van der Waals surface area contributed by atoms with Crippen molar-refractivity contribution in [2.24, 2.45) is 7.05 Å². The summed E-state index contributed by atoms with van der Waals surface area (Å²) in [6.45, 7) is 1.70. The number of imidazole rings is 1. The first-order valence-electron chi connectivity index (χ1n) is 8.73. The number of fused-ring (bicyclic) bond motifs is 2. The Labute approximate surface area is 155 Å². The molecule has 0 radical (unpaired) electrons. The molecule has 27 heavy (non-hydrogen) atoms. The Kier molecular flexibility index (Phi) is 3.49. The van der Waals surface area contributed by atoms with Crippen LogP contribution in [-0.2, 0) is 20.1 Å². The zero-order chi connectivity index (χ0) is 18.4. The van der Waals surface area contributed by atoms with Crippen LogP contribution in [0.2, 0.25) is 0 Å². The van der Waals surface area contributed by atoms with Crippen molar-refractivity contribution in [3.05, 3.63) is 60.4 Å². The third-order valence-corrected chi connectivity index (χ3v) is 4.93. The molecule has 8 nitrogen and oxygen atoms in total. The van der Waals surface area contributed by atoms with Crippen LogP contribution in [0.1, 0.15) is 16.2 Å². The molecule has 5 rings (SSSR count). The maximum Gasteiger partial charge on any atom is 0.254 e. The number of benzene rings is 1. The molecule has 3 aromatic heterocycles. The number of amides is 1. The van der Waals surface area contributed by atoms with E-state index in [4.69, 9.17) is 0 Å². The van der Waals surface area contributed by atoms with E-state index in [1.807, 2.05) is 41.9 Å². The summed E-state index contributed by atoms with van der Waals surface area (Å²) in [6, 6.07) is 9.47. The van der Waals surface area contributed by atoms with Gasteiger partial charge in [0.05, 0.1) is 23.9 Å². The van der Waals surface area contributed by atoms with Gasteiger partial charge in [-0.05, 0) is 30.3 Å². The fraction of sp³-hybridized carbons (Fsp3) is 0.211. The van der Waals surface area contributed by atoms with Gasteiger partial charge < -0.3 is 14.0 Å². The Morgan fingerprint density at radius 3 is 2.93 bits per heavy atom. The Balaban J connectivity index is 1.42. The van der Waals surface area contributed by atoms with E-state index in [2.05, 4.69) is 24.7 Å². The van der Waals surface area contributed by atoms with E-state index in [0.717, 1.165) is 28.2 Å². The lowest BCUT2D eigenvalue weighted by Gasteiger charge is -2.28. The first kappa shape index (κ1) is 15.7. The van der Waals surface area contributed by atoms with Gasteiger partial charge in [0.15, 0.2) is 11.6 Å². The van der Waals surface area contributed by atoms with E-state index in [0.29, 0.717) is 25.2 Å². The molecule has 134 valence electrons. The van der Waals surface area contributed by atoms with Gasteiger partial charge in [-0.1, -0.05) is 0 Å². The highest BCUT2D eigenvalue weighted by atomic mass is 16.2. The molecule has 1 amide bonds. The molecule has 0 fully saturated rings. The number of nitrogens with zero attached hydrogens (tertiary/aromatic N) is 7. The van der Waals surface area contributed by atoms with Crippen LogP contribution in [0.5, 0.6) is 0 Å². The van der Waals surface area contributed by atoms with Gasteiger partial charge in [-0.25, -0.2) is 4.98 Å². The molecule has 1 aliphatic heterocycles. The first-order valence-corrected chi connectivity index (χ1v) is 8.73. The Bertz CT molecular complexity index is 1150. The standard InChI is InChI=1S/C19H17N7O/c1-24-12-21-15-9-13(4-5-16(15)24)19(27)25-7-8-26-17(11-25)22-23-18(26)14-3-2-6-20-10-14/h2-6,9-10,12H,7-8,11H2,1H3. The van der Waals surface area contributed by atoms with Crippen molar-refractivity contribution in [3.8, 4) is 11.4 Å². The monoisotopic (exact) mass is 359 g/mol. The van der Waals surface area contributed by atoms with Crippen molar-refractivity contribution in [2.75, 3.05) is 6.54 Å². The summed E-state index contributed by atoms with van der Waals surface area (Å²) in [5.41, 5.74) is 3.40.